The molecule has 1 saturated heterocycles. The summed E-state index contributed by atoms with van der Waals surface area (Å²) in [5.74, 6) is 1.08. The fourth-order valence-corrected chi connectivity index (χ4v) is 4.29. The van der Waals surface area contributed by atoms with Gasteiger partial charge in [-0.05, 0) is 44.5 Å². The van der Waals surface area contributed by atoms with Crippen LogP contribution >= 0.6 is 11.3 Å². The highest BCUT2D eigenvalue weighted by Crippen LogP contribution is 2.33. The van der Waals surface area contributed by atoms with Crippen molar-refractivity contribution in [1.29, 1.82) is 0 Å². The van der Waals surface area contributed by atoms with Gasteiger partial charge in [-0.1, -0.05) is 18.2 Å². The van der Waals surface area contributed by atoms with Crippen LogP contribution in [0.15, 0.2) is 42.5 Å². The summed E-state index contributed by atoms with van der Waals surface area (Å²) in [6.07, 6.45) is 0.575. The van der Waals surface area contributed by atoms with E-state index in [9.17, 15) is 9.59 Å². The summed E-state index contributed by atoms with van der Waals surface area (Å²) in [5.41, 5.74) is 0.603. The molecule has 1 aromatic carbocycles. The molecule has 28 heavy (non-hydrogen) atoms. The van der Waals surface area contributed by atoms with Crippen LogP contribution in [0.1, 0.15) is 49.0 Å². The molecule has 2 atom stereocenters. The molecule has 3 aromatic rings. The van der Waals surface area contributed by atoms with Crippen LogP contribution in [0.2, 0.25) is 0 Å². The number of aryl methyl sites for hydroxylation is 2. The number of benzene rings is 1. The summed E-state index contributed by atoms with van der Waals surface area (Å²) >= 11 is 1.47. The Morgan fingerprint density at radius 1 is 1.18 bits per heavy atom. The molecule has 3 heterocycles. The standard InChI is InChI=1S/C20H21N5O2S/c1-12-8-9-17(28-12)20(27)25-11-15(10-16(25)18-21-13(2)23-24-18)22-19(26)14-6-4-3-5-7-14/h3-9,15-16H,10-11H2,1-2H3,(H,22,26)(H,21,23,24)/t15-,16-/m0/s1. The molecule has 2 N–H and O–H groups in total. The van der Waals surface area contributed by atoms with Crippen LogP contribution in [0.3, 0.4) is 0 Å². The van der Waals surface area contributed by atoms with Crippen LogP contribution < -0.4 is 5.32 Å². The molecule has 8 heteroatoms. The Morgan fingerprint density at radius 2 is 1.96 bits per heavy atom. The summed E-state index contributed by atoms with van der Waals surface area (Å²) in [7, 11) is 0. The van der Waals surface area contributed by atoms with Crippen LogP contribution in [0, 0.1) is 13.8 Å². The molecule has 144 valence electrons. The maximum atomic E-state index is 13.1. The largest absolute Gasteiger partial charge is 0.347 e. The van der Waals surface area contributed by atoms with E-state index < -0.39 is 0 Å². The number of aromatic nitrogens is 3. The van der Waals surface area contributed by atoms with Gasteiger partial charge in [-0.25, -0.2) is 4.98 Å². The smallest absolute Gasteiger partial charge is 0.264 e. The summed E-state index contributed by atoms with van der Waals surface area (Å²) < 4.78 is 0. The lowest BCUT2D eigenvalue weighted by Crippen LogP contribution is -2.38. The van der Waals surface area contributed by atoms with Gasteiger partial charge in [0.2, 0.25) is 0 Å². The highest BCUT2D eigenvalue weighted by molar-refractivity contribution is 7.13. The lowest BCUT2D eigenvalue weighted by molar-refractivity contribution is 0.0729. The molecule has 1 aliphatic heterocycles. The molecule has 0 spiro atoms. The van der Waals surface area contributed by atoms with Crippen molar-refractivity contribution in [3.63, 3.8) is 0 Å². The van der Waals surface area contributed by atoms with Crippen LogP contribution in [0.25, 0.3) is 0 Å². The molecule has 0 bridgehead atoms. The van der Waals surface area contributed by atoms with Crippen molar-refractivity contribution < 1.29 is 9.59 Å². The predicted octanol–water partition coefficient (Wildman–Crippen LogP) is 2.87. The third kappa shape index (κ3) is 3.68. The van der Waals surface area contributed by atoms with Crippen molar-refractivity contribution in [3.8, 4) is 0 Å². The van der Waals surface area contributed by atoms with Crippen molar-refractivity contribution >= 4 is 23.2 Å². The highest BCUT2D eigenvalue weighted by Gasteiger charge is 2.39. The van der Waals surface area contributed by atoms with E-state index in [-0.39, 0.29) is 23.9 Å². The number of aromatic amines is 1. The number of amides is 2. The molecule has 2 amide bonds. The molecule has 0 radical (unpaired) electrons. The summed E-state index contributed by atoms with van der Waals surface area (Å²) in [4.78, 5) is 33.6. The first-order chi connectivity index (χ1) is 13.5. The predicted molar refractivity (Wildman–Crippen MR) is 106 cm³/mol. The number of hydrogen-bond acceptors (Lipinski definition) is 5. The molecule has 1 fully saturated rings. The van der Waals surface area contributed by atoms with Gasteiger partial charge in [0.15, 0.2) is 5.82 Å². The van der Waals surface area contributed by atoms with Gasteiger partial charge in [-0.2, -0.15) is 5.10 Å². The lowest BCUT2D eigenvalue weighted by Gasteiger charge is -2.21. The van der Waals surface area contributed by atoms with E-state index in [0.717, 1.165) is 4.88 Å². The van der Waals surface area contributed by atoms with E-state index >= 15 is 0 Å². The van der Waals surface area contributed by atoms with Crippen molar-refractivity contribution in [2.75, 3.05) is 6.54 Å². The molecular formula is C20H21N5O2S. The number of carbonyl (C=O) groups excluding carboxylic acids is 2. The quantitative estimate of drug-likeness (QED) is 0.711. The first kappa shape index (κ1) is 18.4. The number of carbonyl (C=O) groups is 2. The van der Waals surface area contributed by atoms with E-state index in [1.165, 1.54) is 11.3 Å². The molecular weight excluding hydrogens is 374 g/mol. The third-order valence-corrected chi connectivity index (χ3v) is 5.79. The van der Waals surface area contributed by atoms with Gasteiger partial charge in [-0.3, -0.25) is 14.7 Å². The monoisotopic (exact) mass is 395 g/mol. The van der Waals surface area contributed by atoms with E-state index in [0.29, 0.717) is 35.1 Å². The number of nitrogens with zero attached hydrogens (tertiary/aromatic N) is 3. The summed E-state index contributed by atoms with van der Waals surface area (Å²) in [6, 6.07) is 12.4. The van der Waals surface area contributed by atoms with Gasteiger partial charge in [0.05, 0.1) is 10.9 Å². The maximum absolute atomic E-state index is 13.1. The van der Waals surface area contributed by atoms with Gasteiger partial charge in [0.1, 0.15) is 5.82 Å². The fraction of sp³-hybridized carbons (Fsp3) is 0.300. The van der Waals surface area contributed by atoms with Crippen LogP contribution in [0.5, 0.6) is 0 Å². The Labute approximate surface area is 166 Å². The van der Waals surface area contributed by atoms with Crippen LogP contribution in [-0.4, -0.2) is 44.5 Å². The van der Waals surface area contributed by atoms with Crippen molar-refractivity contribution in [2.24, 2.45) is 0 Å². The first-order valence-electron chi connectivity index (χ1n) is 9.13. The average Bonchev–Trinajstić information content (AvgIpc) is 3.42. The SMILES string of the molecule is Cc1nc([C@@H]2C[C@H](NC(=O)c3ccccc3)CN2C(=O)c2ccc(C)s2)n[nH]1. The molecule has 2 aromatic heterocycles. The molecule has 7 nitrogen and oxygen atoms in total. The average molecular weight is 395 g/mol. The number of nitrogens with one attached hydrogen (secondary N) is 2. The molecule has 1 aliphatic rings. The second kappa shape index (κ2) is 7.55. The Bertz CT molecular complexity index is 997. The number of H-pyrrole nitrogens is 1. The lowest BCUT2D eigenvalue weighted by atomic mass is 10.1. The topological polar surface area (TPSA) is 91.0 Å². The third-order valence-electron chi connectivity index (χ3n) is 4.80. The Hall–Kier alpha value is -3.00. The fourth-order valence-electron chi connectivity index (χ4n) is 3.47. The minimum Gasteiger partial charge on any atom is -0.347 e. The summed E-state index contributed by atoms with van der Waals surface area (Å²) in [6.45, 7) is 4.23. The van der Waals surface area contributed by atoms with Gasteiger partial charge < -0.3 is 10.2 Å². The zero-order valence-corrected chi connectivity index (χ0v) is 16.5. The molecule has 4 rings (SSSR count). The number of rotatable bonds is 4. The molecule has 0 aliphatic carbocycles. The zero-order chi connectivity index (χ0) is 19.7. The normalized spacial score (nSPS) is 19.0. The van der Waals surface area contributed by atoms with Crippen LogP contribution in [0.4, 0.5) is 0 Å². The van der Waals surface area contributed by atoms with Crippen molar-refractivity contribution in [3.05, 3.63) is 69.4 Å². The number of likely N-dealkylation sites (tertiary alicyclic amines) is 1. The van der Waals surface area contributed by atoms with Gasteiger partial charge in [0, 0.05) is 23.0 Å². The van der Waals surface area contributed by atoms with Crippen molar-refractivity contribution in [2.45, 2.75) is 32.4 Å². The minimum absolute atomic E-state index is 0.0537. The van der Waals surface area contributed by atoms with E-state index in [4.69, 9.17) is 0 Å². The van der Waals surface area contributed by atoms with Gasteiger partial charge in [0.25, 0.3) is 11.8 Å². The second-order valence-electron chi connectivity index (χ2n) is 6.93. The van der Waals surface area contributed by atoms with Crippen molar-refractivity contribution in [1.82, 2.24) is 25.4 Å². The van der Waals surface area contributed by atoms with Gasteiger partial charge >= 0.3 is 0 Å². The van der Waals surface area contributed by atoms with E-state index in [2.05, 4.69) is 20.5 Å². The Kier molecular flexibility index (Phi) is 4.95. The molecule has 0 unspecified atom stereocenters. The maximum Gasteiger partial charge on any atom is 0.264 e. The summed E-state index contributed by atoms with van der Waals surface area (Å²) in [5, 5.41) is 10.2. The highest BCUT2D eigenvalue weighted by atomic mass is 32.1. The minimum atomic E-state index is -0.277. The second-order valence-corrected chi connectivity index (χ2v) is 8.22. The number of hydrogen-bond donors (Lipinski definition) is 2. The zero-order valence-electron chi connectivity index (χ0n) is 15.7. The first-order valence-corrected chi connectivity index (χ1v) is 9.95. The van der Waals surface area contributed by atoms with Gasteiger partial charge in [-0.15, -0.1) is 11.3 Å². The molecule has 0 saturated carbocycles. The number of thiophene rings is 1. The van der Waals surface area contributed by atoms with E-state index in [1.54, 1.807) is 17.0 Å². The Morgan fingerprint density at radius 3 is 2.61 bits per heavy atom. The Balaban J connectivity index is 1.56. The van der Waals surface area contributed by atoms with Crippen LogP contribution in [-0.2, 0) is 0 Å². The van der Waals surface area contributed by atoms with E-state index in [1.807, 2.05) is 44.2 Å².